The Hall–Kier alpha value is -7.44. The molecule has 0 aliphatic carbocycles. The quantitative estimate of drug-likeness (QED) is 0.155. The van der Waals surface area contributed by atoms with E-state index >= 15 is 0 Å². The Bertz CT molecular complexity index is 2830. The fourth-order valence-electron chi connectivity index (χ4n) is 7.43. The van der Waals surface area contributed by atoms with E-state index in [0.29, 0.717) is 11.5 Å². The van der Waals surface area contributed by atoms with Crippen molar-refractivity contribution in [3.63, 3.8) is 0 Å². The minimum Gasteiger partial charge on any atom is -0.442 e. The number of oxazole rings is 2. The van der Waals surface area contributed by atoms with Crippen molar-refractivity contribution in [1.82, 2.24) is 19.9 Å². The smallest absolute Gasteiger partial charge is 0.181 e. The molecular weight excluding hydrogens is 665 g/mol. The Kier molecular flexibility index (Phi) is 7.69. The second-order valence-electron chi connectivity index (χ2n) is 13.2. The minimum atomic E-state index is 0.627. The predicted octanol–water partition coefficient (Wildman–Crippen LogP) is 12.4. The van der Waals surface area contributed by atoms with Crippen molar-refractivity contribution in [2.24, 2.45) is 0 Å². The first-order chi connectivity index (χ1) is 26.8. The molecule has 0 aliphatic heterocycles. The molecule has 0 saturated heterocycles. The number of fused-ring (bicyclic) bond motifs is 2. The third-order valence-corrected chi connectivity index (χ3v) is 9.98. The van der Waals surface area contributed by atoms with Crippen LogP contribution in [0.5, 0.6) is 0 Å². The summed E-state index contributed by atoms with van der Waals surface area (Å²) in [6.45, 7) is 0. The highest BCUT2D eigenvalue weighted by Gasteiger charge is 2.19. The number of pyridine rings is 2. The summed E-state index contributed by atoms with van der Waals surface area (Å²) in [5.41, 5.74) is 12.6. The van der Waals surface area contributed by atoms with Gasteiger partial charge in [-0.25, -0.2) is 9.97 Å². The summed E-state index contributed by atoms with van der Waals surface area (Å²) in [6, 6.07) is 51.7. The summed E-state index contributed by atoms with van der Waals surface area (Å²) in [7, 11) is 0. The summed E-state index contributed by atoms with van der Waals surface area (Å²) in [5.74, 6) is 1.26. The van der Waals surface area contributed by atoms with E-state index in [-0.39, 0.29) is 0 Å². The molecular formula is C48H30N4O2. The van der Waals surface area contributed by atoms with E-state index in [1.807, 2.05) is 24.5 Å². The Morgan fingerprint density at radius 3 is 1.22 bits per heavy atom. The summed E-state index contributed by atoms with van der Waals surface area (Å²) >= 11 is 0. The summed E-state index contributed by atoms with van der Waals surface area (Å²) in [6.07, 6.45) is 10.1. The molecule has 0 unspecified atom stereocenters. The molecule has 0 fully saturated rings. The molecule has 10 rings (SSSR count). The van der Waals surface area contributed by atoms with Crippen LogP contribution < -0.4 is 0 Å². The zero-order valence-corrected chi connectivity index (χ0v) is 28.9. The van der Waals surface area contributed by atoms with Crippen LogP contribution in [0.25, 0.3) is 100 Å². The van der Waals surface area contributed by atoms with Gasteiger partial charge in [0.05, 0.1) is 12.4 Å². The van der Waals surface area contributed by atoms with Crippen LogP contribution in [-0.2, 0) is 0 Å². The molecule has 0 spiro atoms. The Balaban J connectivity index is 1.23. The highest BCUT2D eigenvalue weighted by atomic mass is 16.3. The first kappa shape index (κ1) is 31.3. The second-order valence-corrected chi connectivity index (χ2v) is 13.2. The molecule has 0 atom stereocenters. The number of benzene rings is 6. The maximum Gasteiger partial charge on any atom is 0.181 e. The largest absolute Gasteiger partial charge is 0.442 e. The lowest BCUT2D eigenvalue weighted by Crippen LogP contribution is -1.93. The van der Waals surface area contributed by atoms with E-state index in [0.717, 1.165) is 77.4 Å². The predicted molar refractivity (Wildman–Crippen MR) is 215 cm³/mol. The average molecular weight is 695 g/mol. The van der Waals surface area contributed by atoms with Gasteiger partial charge in [-0.05, 0) is 102 Å². The third kappa shape index (κ3) is 5.63. The monoisotopic (exact) mass is 694 g/mol. The van der Waals surface area contributed by atoms with Crippen LogP contribution in [0.1, 0.15) is 0 Å². The lowest BCUT2D eigenvalue weighted by atomic mass is 9.85. The van der Waals surface area contributed by atoms with Crippen LogP contribution in [0, 0.1) is 0 Å². The summed E-state index contributed by atoms with van der Waals surface area (Å²) < 4.78 is 11.1. The summed E-state index contributed by atoms with van der Waals surface area (Å²) in [4.78, 5) is 17.8. The van der Waals surface area contributed by atoms with Crippen molar-refractivity contribution in [2.45, 2.75) is 0 Å². The van der Waals surface area contributed by atoms with Gasteiger partial charge in [-0.2, -0.15) is 0 Å². The molecule has 10 aromatic rings. The molecule has 6 nitrogen and oxygen atoms in total. The van der Waals surface area contributed by atoms with E-state index < -0.39 is 0 Å². The van der Waals surface area contributed by atoms with Gasteiger partial charge < -0.3 is 8.83 Å². The number of rotatable bonds is 7. The standard InChI is InChI=1S/C48H30N4O2/c1-3-9-31(10-4-1)36-21-37(32-11-5-2-6-12-32)23-38(22-36)33-15-18-41-42(24-33)48(35-17-20-44(52-26-35)46-28-50-30-54-46)40-14-8-7-13-39(40)47(41)34-16-19-43(51-25-34)45-27-49-29-53-45/h1-30H. The summed E-state index contributed by atoms with van der Waals surface area (Å²) in [5, 5.41) is 4.47. The van der Waals surface area contributed by atoms with Crippen LogP contribution in [0.3, 0.4) is 0 Å². The molecule has 0 saturated carbocycles. The van der Waals surface area contributed by atoms with Crippen LogP contribution in [-0.4, -0.2) is 19.9 Å². The zero-order valence-electron chi connectivity index (χ0n) is 28.9. The molecule has 6 heteroatoms. The van der Waals surface area contributed by atoms with Crippen molar-refractivity contribution in [3.05, 3.63) is 183 Å². The molecule has 254 valence electrons. The van der Waals surface area contributed by atoms with Gasteiger partial charge in [-0.3, -0.25) is 9.97 Å². The van der Waals surface area contributed by atoms with E-state index in [1.54, 1.807) is 12.4 Å². The lowest BCUT2D eigenvalue weighted by molar-refractivity contribution is 0.569. The van der Waals surface area contributed by atoms with Crippen molar-refractivity contribution in [3.8, 4) is 78.5 Å². The fourth-order valence-corrected chi connectivity index (χ4v) is 7.43. The first-order valence-electron chi connectivity index (χ1n) is 17.7. The van der Waals surface area contributed by atoms with E-state index in [9.17, 15) is 0 Å². The van der Waals surface area contributed by atoms with Crippen LogP contribution in [0.2, 0.25) is 0 Å². The second kappa shape index (κ2) is 13.3. The Labute approximate surface area is 311 Å². The Morgan fingerprint density at radius 1 is 0.315 bits per heavy atom. The average Bonchev–Trinajstić information content (AvgIpc) is 4.00. The third-order valence-electron chi connectivity index (χ3n) is 9.98. The molecule has 4 aromatic heterocycles. The maximum absolute atomic E-state index is 5.56. The van der Waals surface area contributed by atoms with Crippen LogP contribution in [0.15, 0.2) is 192 Å². The number of hydrogen-bond acceptors (Lipinski definition) is 6. The SMILES string of the molecule is c1ccc(-c2cc(-c3ccccc3)cc(-c3ccc4c(-c5ccc(-c6cnco6)nc5)c5ccccc5c(-c5ccc(-c6cnco6)nc5)c4c3)c2)cc1. The van der Waals surface area contributed by atoms with Crippen molar-refractivity contribution >= 4 is 21.5 Å². The van der Waals surface area contributed by atoms with E-state index in [1.165, 1.54) is 23.9 Å². The fraction of sp³-hybridized carbons (Fsp3) is 0. The topological polar surface area (TPSA) is 77.8 Å². The van der Waals surface area contributed by atoms with Gasteiger partial charge in [0.25, 0.3) is 0 Å². The van der Waals surface area contributed by atoms with Gasteiger partial charge in [0.2, 0.25) is 0 Å². The number of hydrogen-bond donors (Lipinski definition) is 0. The molecule has 0 N–H and O–H groups in total. The van der Waals surface area contributed by atoms with Gasteiger partial charge >= 0.3 is 0 Å². The van der Waals surface area contributed by atoms with Gasteiger partial charge in [0, 0.05) is 23.5 Å². The van der Waals surface area contributed by atoms with Crippen LogP contribution >= 0.6 is 0 Å². The molecule has 6 aromatic carbocycles. The molecule has 0 bridgehead atoms. The number of aromatic nitrogens is 4. The lowest BCUT2D eigenvalue weighted by Gasteiger charge is -2.19. The van der Waals surface area contributed by atoms with Crippen LogP contribution in [0.4, 0.5) is 0 Å². The number of nitrogens with zero attached hydrogens (tertiary/aromatic N) is 4. The highest BCUT2D eigenvalue weighted by Crippen LogP contribution is 2.45. The zero-order chi connectivity index (χ0) is 35.8. The molecule has 0 aliphatic rings. The molecule has 4 heterocycles. The minimum absolute atomic E-state index is 0.627. The van der Waals surface area contributed by atoms with E-state index in [4.69, 9.17) is 18.8 Å². The van der Waals surface area contributed by atoms with Gasteiger partial charge in [0.15, 0.2) is 24.3 Å². The highest BCUT2D eigenvalue weighted by molar-refractivity contribution is 6.22. The Morgan fingerprint density at radius 2 is 0.759 bits per heavy atom. The van der Waals surface area contributed by atoms with E-state index in [2.05, 4.69) is 143 Å². The molecule has 0 amide bonds. The van der Waals surface area contributed by atoms with Gasteiger partial charge in [-0.15, -0.1) is 0 Å². The van der Waals surface area contributed by atoms with Crippen molar-refractivity contribution in [1.29, 1.82) is 0 Å². The van der Waals surface area contributed by atoms with Crippen molar-refractivity contribution in [2.75, 3.05) is 0 Å². The first-order valence-corrected chi connectivity index (χ1v) is 17.7. The van der Waals surface area contributed by atoms with Gasteiger partial charge in [-0.1, -0.05) is 109 Å². The van der Waals surface area contributed by atoms with Gasteiger partial charge in [0.1, 0.15) is 11.4 Å². The van der Waals surface area contributed by atoms with Crippen molar-refractivity contribution < 1.29 is 8.83 Å². The normalized spacial score (nSPS) is 11.3. The molecule has 54 heavy (non-hydrogen) atoms. The maximum atomic E-state index is 5.56. The molecule has 0 radical (unpaired) electrons.